The predicted octanol–water partition coefficient (Wildman–Crippen LogP) is 4.99. The van der Waals surface area contributed by atoms with Crippen LogP contribution in [0.3, 0.4) is 0 Å². The Labute approximate surface area is 108 Å². The van der Waals surface area contributed by atoms with Crippen LogP contribution in [0.25, 0.3) is 21.8 Å². The van der Waals surface area contributed by atoms with Crippen molar-refractivity contribution < 1.29 is 0 Å². The highest BCUT2D eigenvalue weighted by Crippen LogP contribution is 2.35. The molecule has 0 bridgehead atoms. The molecule has 0 aliphatic rings. The summed E-state index contributed by atoms with van der Waals surface area (Å²) in [6.07, 6.45) is 0. The summed E-state index contributed by atoms with van der Waals surface area (Å²) >= 11 is 0. The summed E-state index contributed by atoms with van der Waals surface area (Å²) in [7, 11) is 0. The minimum Gasteiger partial charge on any atom is -0.338 e. The van der Waals surface area contributed by atoms with Gasteiger partial charge in [-0.3, -0.25) is 0 Å². The molecule has 1 heterocycles. The second kappa shape index (κ2) is 3.88. The maximum Gasteiger partial charge on any atom is 0.0526 e. The van der Waals surface area contributed by atoms with Crippen LogP contribution >= 0.6 is 0 Å². The number of nitrogens with zero attached hydrogens (tertiary/aromatic N) is 1. The van der Waals surface area contributed by atoms with E-state index in [9.17, 15) is 0 Å². The Kier molecular flexibility index (Phi) is 2.44. The molecule has 0 radical (unpaired) electrons. The smallest absolute Gasteiger partial charge is 0.0526 e. The van der Waals surface area contributed by atoms with Gasteiger partial charge in [0.25, 0.3) is 0 Å². The Bertz CT molecular complexity index is 732. The zero-order valence-electron chi connectivity index (χ0n) is 11.5. The first-order valence-electron chi connectivity index (χ1n) is 6.60. The van der Waals surface area contributed by atoms with Crippen LogP contribution in [0.15, 0.2) is 36.4 Å². The molecular formula is C17H19N. The molecule has 0 spiro atoms. The summed E-state index contributed by atoms with van der Waals surface area (Å²) in [5, 5.41) is 2.79. The number of para-hydroxylation sites is 1. The highest BCUT2D eigenvalue weighted by molar-refractivity contribution is 6.10. The average Bonchev–Trinajstić information content (AvgIpc) is 2.70. The normalized spacial score (nSPS) is 11.8. The minimum atomic E-state index is 0.480. The molecule has 0 amide bonds. The van der Waals surface area contributed by atoms with Gasteiger partial charge in [0.2, 0.25) is 0 Å². The Hall–Kier alpha value is -1.76. The standard InChI is InChI=1S/C17H19N/c1-11(2)18-15-8-6-5-7-14(15)16-12(3)9-10-13(4)17(16)18/h5-11H,1-4H3. The molecule has 3 aromatic rings. The topological polar surface area (TPSA) is 4.93 Å². The van der Waals surface area contributed by atoms with E-state index < -0.39 is 0 Å². The van der Waals surface area contributed by atoms with Crippen LogP contribution < -0.4 is 0 Å². The van der Waals surface area contributed by atoms with Crippen LogP contribution in [-0.4, -0.2) is 4.57 Å². The number of aromatic nitrogens is 1. The maximum absolute atomic E-state index is 2.47. The van der Waals surface area contributed by atoms with Crippen LogP contribution in [-0.2, 0) is 0 Å². The van der Waals surface area contributed by atoms with Gasteiger partial charge in [-0.25, -0.2) is 0 Å². The molecule has 0 N–H and O–H groups in total. The van der Waals surface area contributed by atoms with Crippen LogP contribution in [0.1, 0.15) is 31.0 Å². The fraction of sp³-hybridized carbons (Fsp3) is 0.294. The van der Waals surface area contributed by atoms with Crippen molar-refractivity contribution in [2.24, 2.45) is 0 Å². The second-order valence-electron chi connectivity index (χ2n) is 5.40. The van der Waals surface area contributed by atoms with Gasteiger partial charge in [-0.15, -0.1) is 0 Å². The van der Waals surface area contributed by atoms with Gasteiger partial charge >= 0.3 is 0 Å². The van der Waals surface area contributed by atoms with Crippen molar-refractivity contribution in [3.8, 4) is 0 Å². The van der Waals surface area contributed by atoms with Crippen molar-refractivity contribution in [1.29, 1.82) is 0 Å². The zero-order chi connectivity index (χ0) is 12.9. The predicted molar refractivity (Wildman–Crippen MR) is 79.3 cm³/mol. The van der Waals surface area contributed by atoms with E-state index in [2.05, 4.69) is 68.7 Å². The fourth-order valence-electron chi connectivity index (χ4n) is 3.00. The average molecular weight is 237 g/mol. The van der Waals surface area contributed by atoms with Crippen molar-refractivity contribution in [2.75, 3.05) is 0 Å². The molecule has 1 heteroatoms. The van der Waals surface area contributed by atoms with Crippen molar-refractivity contribution in [3.63, 3.8) is 0 Å². The Morgan fingerprint density at radius 1 is 0.889 bits per heavy atom. The SMILES string of the molecule is Cc1ccc(C)c2c1c1ccccc1n2C(C)C. The lowest BCUT2D eigenvalue weighted by molar-refractivity contribution is 0.641. The van der Waals surface area contributed by atoms with Gasteiger partial charge in [-0.2, -0.15) is 0 Å². The molecule has 0 aliphatic heterocycles. The number of hydrogen-bond acceptors (Lipinski definition) is 0. The third-order valence-electron chi connectivity index (χ3n) is 3.78. The molecule has 0 aliphatic carbocycles. The van der Waals surface area contributed by atoms with Crippen molar-refractivity contribution in [1.82, 2.24) is 4.57 Å². The van der Waals surface area contributed by atoms with Crippen molar-refractivity contribution in [2.45, 2.75) is 33.7 Å². The van der Waals surface area contributed by atoms with Crippen LogP contribution in [0.2, 0.25) is 0 Å². The first-order valence-corrected chi connectivity index (χ1v) is 6.60. The lowest BCUT2D eigenvalue weighted by Gasteiger charge is -2.13. The van der Waals surface area contributed by atoms with E-state index >= 15 is 0 Å². The molecule has 92 valence electrons. The number of benzene rings is 2. The van der Waals surface area contributed by atoms with Crippen molar-refractivity contribution in [3.05, 3.63) is 47.5 Å². The molecular weight excluding hydrogens is 218 g/mol. The monoisotopic (exact) mass is 237 g/mol. The quantitative estimate of drug-likeness (QED) is 0.561. The summed E-state index contributed by atoms with van der Waals surface area (Å²) < 4.78 is 2.47. The summed E-state index contributed by atoms with van der Waals surface area (Å²) in [6, 6.07) is 13.7. The highest BCUT2D eigenvalue weighted by Gasteiger charge is 2.15. The van der Waals surface area contributed by atoms with Crippen molar-refractivity contribution >= 4 is 21.8 Å². The van der Waals surface area contributed by atoms with Gasteiger partial charge in [-0.1, -0.05) is 30.3 Å². The molecule has 0 unspecified atom stereocenters. The minimum absolute atomic E-state index is 0.480. The van der Waals surface area contributed by atoms with Gasteiger partial charge in [0.05, 0.1) is 5.52 Å². The number of rotatable bonds is 1. The number of hydrogen-bond donors (Lipinski definition) is 0. The van der Waals surface area contributed by atoms with E-state index in [1.165, 1.54) is 32.9 Å². The summed E-state index contributed by atoms with van der Waals surface area (Å²) in [5.74, 6) is 0. The third-order valence-corrected chi connectivity index (χ3v) is 3.78. The molecule has 0 fully saturated rings. The number of aryl methyl sites for hydroxylation is 2. The van der Waals surface area contributed by atoms with Gasteiger partial charge in [0.15, 0.2) is 0 Å². The summed E-state index contributed by atoms with van der Waals surface area (Å²) in [4.78, 5) is 0. The molecule has 18 heavy (non-hydrogen) atoms. The molecule has 1 nitrogen and oxygen atoms in total. The van der Waals surface area contributed by atoms with Gasteiger partial charge in [0, 0.05) is 22.3 Å². The Balaban J connectivity index is 2.67. The lowest BCUT2D eigenvalue weighted by Crippen LogP contribution is -2.01. The van der Waals surface area contributed by atoms with E-state index in [1.54, 1.807) is 0 Å². The summed E-state index contributed by atoms with van der Waals surface area (Å²) in [6.45, 7) is 8.93. The van der Waals surface area contributed by atoms with E-state index in [-0.39, 0.29) is 0 Å². The maximum atomic E-state index is 2.47. The summed E-state index contributed by atoms with van der Waals surface area (Å²) in [5.41, 5.74) is 5.47. The first-order chi connectivity index (χ1) is 8.61. The van der Waals surface area contributed by atoms with E-state index in [0.29, 0.717) is 6.04 Å². The van der Waals surface area contributed by atoms with Crippen LogP contribution in [0.5, 0.6) is 0 Å². The van der Waals surface area contributed by atoms with Gasteiger partial charge in [-0.05, 0) is 44.9 Å². The van der Waals surface area contributed by atoms with E-state index in [1.807, 2.05) is 0 Å². The molecule has 0 saturated heterocycles. The Morgan fingerprint density at radius 2 is 1.56 bits per heavy atom. The largest absolute Gasteiger partial charge is 0.338 e. The molecule has 2 aromatic carbocycles. The molecule has 0 atom stereocenters. The van der Waals surface area contributed by atoms with E-state index in [4.69, 9.17) is 0 Å². The highest BCUT2D eigenvalue weighted by atomic mass is 15.0. The molecule has 1 aromatic heterocycles. The van der Waals surface area contributed by atoms with Gasteiger partial charge < -0.3 is 4.57 Å². The molecule has 3 rings (SSSR count). The molecule has 0 saturated carbocycles. The Morgan fingerprint density at radius 3 is 2.28 bits per heavy atom. The second-order valence-corrected chi connectivity index (χ2v) is 5.40. The number of fused-ring (bicyclic) bond motifs is 3. The first kappa shape index (κ1) is 11.3. The van der Waals surface area contributed by atoms with Crippen LogP contribution in [0.4, 0.5) is 0 Å². The van der Waals surface area contributed by atoms with Gasteiger partial charge in [0.1, 0.15) is 0 Å². The lowest BCUT2D eigenvalue weighted by atomic mass is 10.0. The fourth-order valence-corrected chi connectivity index (χ4v) is 3.00. The zero-order valence-corrected chi connectivity index (χ0v) is 11.5. The van der Waals surface area contributed by atoms with E-state index in [0.717, 1.165) is 0 Å². The van der Waals surface area contributed by atoms with Crippen LogP contribution in [0, 0.1) is 13.8 Å². The third kappa shape index (κ3) is 1.40.